The number of phenols is 1. The van der Waals surface area contributed by atoms with Crippen LogP contribution in [0.2, 0.25) is 0 Å². The van der Waals surface area contributed by atoms with Gasteiger partial charge in [0.2, 0.25) is 0 Å². The van der Waals surface area contributed by atoms with Crippen molar-refractivity contribution < 1.29 is 38.0 Å². The van der Waals surface area contributed by atoms with Gasteiger partial charge >= 0.3 is 5.97 Å². The van der Waals surface area contributed by atoms with Crippen LogP contribution in [0.25, 0.3) is 6.08 Å². The van der Waals surface area contributed by atoms with Gasteiger partial charge in [0.25, 0.3) is 0 Å². The van der Waals surface area contributed by atoms with Crippen molar-refractivity contribution in [2.24, 2.45) is 5.92 Å². The number of nitrogens with one attached hydrogen (secondary N) is 1. The Morgan fingerprint density at radius 2 is 2.03 bits per heavy atom. The highest BCUT2D eigenvalue weighted by molar-refractivity contribution is 5.97. The molecule has 1 fully saturated rings. The molecule has 1 aromatic rings. The van der Waals surface area contributed by atoms with Crippen molar-refractivity contribution in [3.05, 3.63) is 41.4 Å². The highest BCUT2D eigenvalue weighted by atomic mass is 19.1. The second kappa shape index (κ2) is 9.89. The number of esters is 1. The summed E-state index contributed by atoms with van der Waals surface area (Å²) in [7, 11) is 1.44. The van der Waals surface area contributed by atoms with E-state index in [4.69, 9.17) is 23.7 Å². The van der Waals surface area contributed by atoms with Crippen LogP contribution in [0, 0.1) is 5.92 Å². The zero-order chi connectivity index (χ0) is 23.5. The Morgan fingerprint density at radius 3 is 2.75 bits per heavy atom. The lowest BCUT2D eigenvalue weighted by Gasteiger charge is -2.22. The fraction of sp³-hybridized carbons (Fsp3) is 0.522. The predicted octanol–water partition coefficient (Wildman–Crippen LogP) is 3.85. The van der Waals surface area contributed by atoms with Crippen LogP contribution in [0.4, 0.5) is 4.39 Å². The van der Waals surface area contributed by atoms with Gasteiger partial charge in [0.05, 0.1) is 0 Å². The largest absolute Gasteiger partial charge is 0.508 e. The van der Waals surface area contributed by atoms with Gasteiger partial charge in [0, 0.05) is 19.1 Å². The Morgan fingerprint density at radius 1 is 1.28 bits per heavy atom. The molecule has 2 unspecified atom stereocenters. The van der Waals surface area contributed by atoms with Gasteiger partial charge in [-0.2, -0.15) is 4.39 Å². The number of hydrogen-bond donors (Lipinski definition) is 2. The maximum Gasteiger partial charge on any atom is 0.342 e. The van der Waals surface area contributed by atoms with Crippen LogP contribution < -0.4 is 10.1 Å². The molecule has 3 rings (SSSR count). The van der Waals surface area contributed by atoms with Gasteiger partial charge in [-0.25, -0.2) is 4.79 Å². The third-order valence-corrected chi connectivity index (χ3v) is 5.23. The van der Waals surface area contributed by atoms with Gasteiger partial charge < -0.3 is 34.1 Å². The highest BCUT2D eigenvalue weighted by Gasteiger charge is 2.41. The number of rotatable bonds is 3. The lowest BCUT2D eigenvalue weighted by molar-refractivity contribution is -0.148. The Hall–Kier alpha value is -2.62. The van der Waals surface area contributed by atoms with Gasteiger partial charge in [-0.15, -0.1) is 0 Å². The van der Waals surface area contributed by atoms with Gasteiger partial charge in [-0.1, -0.05) is 19.1 Å². The second-order valence-corrected chi connectivity index (χ2v) is 8.32. The Kier molecular flexibility index (Phi) is 7.43. The van der Waals surface area contributed by atoms with E-state index < -0.39 is 42.1 Å². The van der Waals surface area contributed by atoms with Gasteiger partial charge in [0.1, 0.15) is 29.3 Å². The number of carbonyl (C=O) groups excluding carboxylic acids is 1. The molecule has 4 atom stereocenters. The van der Waals surface area contributed by atoms with E-state index in [0.29, 0.717) is 12.0 Å². The molecule has 0 aliphatic carbocycles. The molecule has 0 amide bonds. The van der Waals surface area contributed by atoms with Crippen LogP contribution >= 0.6 is 0 Å². The molecule has 0 saturated carbocycles. The first-order chi connectivity index (χ1) is 15.1. The molecular formula is C23H30FNO7. The molecule has 0 bridgehead atoms. The monoisotopic (exact) mass is 451 g/mol. The number of cyclic esters (lactones) is 1. The van der Waals surface area contributed by atoms with Gasteiger partial charge in [-0.05, 0) is 44.9 Å². The van der Waals surface area contributed by atoms with Crippen LogP contribution in [0.15, 0.2) is 30.2 Å². The minimum absolute atomic E-state index is 0.0824. The van der Waals surface area contributed by atoms with E-state index in [2.05, 4.69) is 5.32 Å². The first-order valence-electron chi connectivity index (χ1n) is 10.5. The highest BCUT2D eigenvalue weighted by Crippen LogP contribution is 2.33. The van der Waals surface area contributed by atoms with Crippen molar-refractivity contribution >= 4 is 12.0 Å². The van der Waals surface area contributed by atoms with Crippen LogP contribution in [0.1, 0.15) is 50.0 Å². The van der Waals surface area contributed by atoms with Crippen LogP contribution in [0.5, 0.6) is 11.5 Å². The minimum atomic E-state index is -0.889. The molecule has 2 N–H and O–H groups in total. The summed E-state index contributed by atoms with van der Waals surface area (Å²) in [6.45, 7) is 6.79. The molecule has 0 aromatic heterocycles. The molecule has 2 heterocycles. The van der Waals surface area contributed by atoms with E-state index in [1.54, 1.807) is 39.8 Å². The number of aromatic hydroxyl groups is 1. The van der Waals surface area contributed by atoms with E-state index in [1.165, 1.54) is 25.3 Å². The summed E-state index contributed by atoms with van der Waals surface area (Å²) >= 11 is 0. The average Bonchev–Trinajstić information content (AvgIpc) is 2.98. The molecule has 32 heavy (non-hydrogen) atoms. The molecule has 2 aliphatic rings. The molecule has 2 aliphatic heterocycles. The predicted molar refractivity (Wildman–Crippen MR) is 114 cm³/mol. The zero-order valence-electron chi connectivity index (χ0n) is 18.9. The fourth-order valence-corrected chi connectivity index (χ4v) is 3.55. The number of phenolic OH excluding ortho intramolecular Hbond substituents is 1. The number of halogens is 1. The lowest BCUT2D eigenvalue weighted by atomic mass is 10.0. The number of methoxy groups -OCH3 is 1. The number of ether oxygens (including phenoxy) is 5. The summed E-state index contributed by atoms with van der Waals surface area (Å²) in [4.78, 5) is 13.0. The summed E-state index contributed by atoms with van der Waals surface area (Å²) < 4.78 is 42.4. The fourth-order valence-electron chi connectivity index (χ4n) is 3.55. The summed E-state index contributed by atoms with van der Waals surface area (Å²) in [6, 6.07) is 2.76. The van der Waals surface area contributed by atoms with Crippen molar-refractivity contribution in [1.82, 2.24) is 5.32 Å². The van der Waals surface area contributed by atoms with Crippen molar-refractivity contribution in [1.29, 1.82) is 0 Å². The number of carbonyl (C=O) groups is 1. The van der Waals surface area contributed by atoms with E-state index >= 15 is 0 Å². The lowest BCUT2D eigenvalue weighted by Crippen LogP contribution is -2.36. The summed E-state index contributed by atoms with van der Waals surface area (Å²) in [6.07, 6.45) is 3.29. The summed E-state index contributed by atoms with van der Waals surface area (Å²) in [5.41, 5.74) is 0.540. The van der Waals surface area contributed by atoms with Crippen molar-refractivity contribution in [2.75, 3.05) is 13.9 Å². The molecule has 0 radical (unpaired) electrons. The summed E-state index contributed by atoms with van der Waals surface area (Å²) in [5, 5.41) is 12.9. The SMILES string of the molecule is COCOc1cc(O)cc2c1C(=O)O[C@@H](C)[C@H](C)/C=C(/F)NC1OC(C)(C)OC1C/C=C/2. The average molecular weight is 451 g/mol. The number of benzene rings is 1. The topological polar surface area (TPSA) is 95.5 Å². The molecule has 176 valence electrons. The number of hydrogen-bond acceptors (Lipinski definition) is 8. The van der Waals surface area contributed by atoms with E-state index in [0.717, 1.165) is 0 Å². The zero-order valence-corrected chi connectivity index (χ0v) is 18.9. The maximum absolute atomic E-state index is 14.6. The van der Waals surface area contributed by atoms with Crippen molar-refractivity contribution in [3.63, 3.8) is 0 Å². The van der Waals surface area contributed by atoms with Crippen LogP contribution in [-0.2, 0) is 18.9 Å². The Bertz CT molecular complexity index is 899. The third kappa shape index (κ3) is 5.79. The Labute approximate surface area is 186 Å². The maximum atomic E-state index is 14.6. The van der Waals surface area contributed by atoms with Gasteiger partial charge in [0.15, 0.2) is 24.8 Å². The van der Waals surface area contributed by atoms with E-state index in [1.807, 2.05) is 0 Å². The van der Waals surface area contributed by atoms with Crippen LogP contribution in [-0.4, -0.2) is 49.2 Å². The molecule has 0 spiro atoms. The molecule has 9 heteroatoms. The first-order valence-corrected chi connectivity index (χ1v) is 10.5. The number of fused-ring (bicyclic) bond motifs is 2. The van der Waals surface area contributed by atoms with Crippen LogP contribution in [0.3, 0.4) is 0 Å². The van der Waals surface area contributed by atoms with Crippen molar-refractivity contribution in [2.45, 2.75) is 58.3 Å². The van der Waals surface area contributed by atoms with Gasteiger partial charge in [-0.3, -0.25) is 0 Å². The minimum Gasteiger partial charge on any atom is -0.508 e. The van der Waals surface area contributed by atoms with Crippen molar-refractivity contribution in [3.8, 4) is 11.5 Å². The first kappa shape index (κ1) is 24.0. The van der Waals surface area contributed by atoms with E-state index in [-0.39, 0.29) is 23.9 Å². The second-order valence-electron chi connectivity index (χ2n) is 8.32. The molecule has 1 saturated heterocycles. The normalized spacial score (nSPS) is 30.6. The van der Waals surface area contributed by atoms with E-state index in [9.17, 15) is 14.3 Å². The molecule has 8 nitrogen and oxygen atoms in total. The molecule has 1 aromatic carbocycles. The molecular weight excluding hydrogens is 421 g/mol. The third-order valence-electron chi connectivity index (χ3n) is 5.23. The smallest absolute Gasteiger partial charge is 0.342 e. The Balaban J connectivity index is 2.04. The summed E-state index contributed by atoms with van der Waals surface area (Å²) in [5.74, 6) is -2.55. The standard InChI is InChI=1S/C23H30FNO7/c1-13-9-19(24)25-21-17(31-23(3,4)32-21)8-6-7-15-10-16(26)11-18(29-12-28-5)20(15)22(27)30-14(13)2/h6-7,9-11,13-14,17,21,25-26H,8,12H2,1-5H3/b7-6+,19-9-/t13-,14+,17?,21?/m1/s1. The quantitative estimate of drug-likeness (QED) is 0.407.